The van der Waals surface area contributed by atoms with E-state index >= 15 is 0 Å². The fourth-order valence-electron chi connectivity index (χ4n) is 1.65. The van der Waals surface area contributed by atoms with E-state index in [4.69, 9.17) is 0 Å². The standard InChI is InChI=1S/C13H12F5NO4/c1-3-22-11(20)6-5-7(12(21)23-4-2)9(13(16,17)18)19-8(6)10(14)15/h5,10H,3-4H2,1-2H3. The Morgan fingerprint density at radius 2 is 1.57 bits per heavy atom. The van der Waals surface area contributed by atoms with Gasteiger partial charge in [-0.05, 0) is 19.9 Å². The zero-order chi connectivity index (χ0) is 17.8. The largest absolute Gasteiger partial charge is 0.462 e. The van der Waals surface area contributed by atoms with E-state index < -0.39 is 47.1 Å². The first kappa shape index (κ1) is 18.8. The van der Waals surface area contributed by atoms with Crippen molar-refractivity contribution in [2.75, 3.05) is 13.2 Å². The zero-order valence-corrected chi connectivity index (χ0v) is 12.0. The van der Waals surface area contributed by atoms with E-state index in [9.17, 15) is 31.5 Å². The molecule has 0 fully saturated rings. The quantitative estimate of drug-likeness (QED) is 0.607. The summed E-state index contributed by atoms with van der Waals surface area (Å²) >= 11 is 0. The van der Waals surface area contributed by atoms with Crippen LogP contribution in [0.15, 0.2) is 6.07 Å². The summed E-state index contributed by atoms with van der Waals surface area (Å²) in [5.41, 5.74) is -5.31. The van der Waals surface area contributed by atoms with Gasteiger partial charge in [0.2, 0.25) is 0 Å². The molecule has 0 aromatic carbocycles. The molecule has 0 amide bonds. The minimum absolute atomic E-state index is 0.197. The lowest BCUT2D eigenvalue weighted by Gasteiger charge is -2.15. The molecular formula is C13H12F5NO4. The molecule has 0 bridgehead atoms. The summed E-state index contributed by atoms with van der Waals surface area (Å²) in [5, 5.41) is 0. The number of hydrogen-bond donors (Lipinski definition) is 0. The van der Waals surface area contributed by atoms with Crippen molar-refractivity contribution in [2.24, 2.45) is 0 Å². The van der Waals surface area contributed by atoms with Gasteiger partial charge >= 0.3 is 18.1 Å². The third-order valence-corrected chi connectivity index (χ3v) is 2.52. The second kappa shape index (κ2) is 7.34. The molecule has 23 heavy (non-hydrogen) atoms. The van der Waals surface area contributed by atoms with Crippen LogP contribution in [-0.4, -0.2) is 30.1 Å². The molecule has 0 atom stereocenters. The highest BCUT2D eigenvalue weighted by Crippen LogP contribution is 2.34. The average molecular weight is 341 g/mol. The van der Waals surface area contributed by atoms with E-state index in [-0.39, 0.29) is 13.2 Å². The zero-order valence-electron chi connectivity index (χ0n) is 12.0. The molecule has 128 valence electrons. The van der Waals surface area contributed by atoms with Crippen molar-refractivity contribution >= 4 is 11.9 Å². The van der Waals surface area contributed by atoms with Crippen LogP contribution in [0.2, 0.25) is 0 Å². The summed E-state index contributed by atoms with van der Waals surface area (Å²) in [7, 11) is 0. The van der Waals surface area contributed by atoms with Gasteiger partial charge in [0.25, 0.3) is 6.43 Å². The number of pyridine rings is 1. The maximum atomic E-state index is 12.9. The van der Waals surface area contributed by atoms with Crippen LogP contribution < -0.4 is 0 Å². The molecule has 1 heterocycles. The molecular weight excluding hydrogens is 329 g/mol. The Bertz CT molecular complexity index is 601. The van der Waals surface area contributed by atoms with Crippen LogP contribution in [0.4, 0.5) is 22.0 Å². The van der Waals surface area contributed by atoms with Gasteiger partial charge in [-0.2, -0.15) is 13.2 Å². The summed E-state index contributed by atoms with van der Waals surface area (Å²) in [5.74, 6) is -2.74. The second-order valence-corrected chi connectivity index (χ2v) is 4.06. The number of esters is 2. The van der Waals surface area contributed by atoms with E-state index in [1.54, 1.807) is 0 Å². The van der Waals surface area contributed by atoms with Gasteiger partial charge in [-0.3, -0.25) is 0 Å². The highest BCUT2D eigenvalue weighted by molar-refractivity contribution is 5.96. The van der Waals surface area contributed by atoms with Crippen molar-refractivity contribution in [1.82, 2.24) is 4.98 Å². The molecule has 5 nitrogen and oxygen atoms in total. The number of nitrogens with zero attached hydrogens (tertiary/aromatic N) is 1. The molecule has 1 aromatic heterocycles. The fraction of sp³-hybridized carbons (Fsp3) is 0.462. The van der Waals surface area contributed by atoms with Crippen molar-refractivity contribution in [3.05, 3.63) is 28.6 Å². The van der Waals surface area contributed by atoms with Gasteiger partial charge in [-0.25, -0.2) is 23.4 Å². The molecule has 0 aliphatic carbocycles. The first-order valence-electron chi connectivity index (χ1n) is 6.37. The van der Waals surface area contributed by atoms with Crippen molar-refractivity contribution in [1.29, 1.82) is 0 Å². The van der Waals surface area contributed by atoms with Crippen LogP contribution in [-0.2, 0) is 15.7 Å². The maximum absolute atomic E-state index is 12.9. The average Bonchev–Trinajstić information content (AvgIpc) is 2.45. The van der Waals surface area contributed by atoms with Crippen LogP contribution in [0.1, 0.15) is 52.4 Å². The van der Waals surface area contributed by atoms with E-state index in [0.717, 1.165) is 0 Å². The molecule has 0 saturated carbocycles. The predicted octanol–water partition coefficient (Wildman–Crippen LogP) is 3.39. The van der Waals surface area contributed by atoms with Gasteiger partial charge in [0, 0.05) is 0 Å². The molecule has 1 aromatic rings. The third kappa shape index (κ3) is 4.36. The lowest BCUT2D eigenvalue weighted by molar-refractivity contribution is -0.142. The molecule has 0 radical (unpaired) electrons. The molecule has 0 unspecified atom stereocenters. The Morgan fingerprint density at radius 1 is 1.09 bits per heavy atom. The van der Waals surface area contributed by atoms with Gasteiger partial charge in [0.15, 0.2) is 5.69 Å². The Hall–Kier alpha value is -2.26. The first-order valence-corrected chi connectivity index (χ1v) is 6.37. The van der Waals surface area contributed by atoms with Crippen LogP contribution in [0.5, 0.6) is 0 Å². The number of rotatable bonds is 5. The second-order valence-electron chi connectivity index (χ2n) is 4.06. The van der Waals surface area contributed by atoms with E-state index in [1.165, 1.54) is 13.8 Å². The molecule has 0 aliphatic rings. The highest BCUT2D eigenvalue weighted by atomic mass is 19.4. The summed E-state index contributed by atoms with van der Waals surface area (Å²) in [6.45, 7) is 2.28. The SMILES string of the molecule is CCOC(=O)c1cc(C(=O)OCC)c(C(F)(F)F)nc1C(F)F. The van der Waals surface area contributed by atoms with E-state index in [1.807, 2.05) is 0 Å². The van der Waals surface area contributed by atoms with Gasteiger partial charge in [0.05, 0.1) is 24.3 Å². The lowest BCUT2D eigenvalue weighted by atomic mass is 10.1. The molecule has 0 N–H and O–H groups in total. The summed E-state index contributed by atoms with van der Waals surface area (Å²) in [6.07, 6.45) is -8.65. The van der Waals surface area contributed by atoms with Gasteiger partial charge in [-0.15, -0.1) is 0 Å². The van der Waals surface area contributed by atoms with E-state index in [0.29, 0.717) is 6.07 Å². The predicted molar refractivity (Wildman–Crippen MR) is 66.1 cm³/mol. The minimum Gasteiger partial charge on any atom is -0.462 e. The van der Waals surface area contributed by atoms with Gasteiger partial charge < -0.3 is 9.47 Å². The van der Waals surface area contributed by atoms with Crippen LogP contribution >= 0.6 is 0 Å². The number of ether oxygens (including phenoxy) is 2. The Balaban J connectivity index is 3.62. The Labute approximate surface area is 127 Å². The topological polar surface area (TPSA) is 65.5 Å². The minimum atomic E-state index is -5.18. The van der Waals surface area contributed by atoms with Crippen molar-refractivity contribution in [3.63, 3.8) is 0 Å². The molecule has 0 saturated heterocycles. The van der Waals surface area contributed by atoms with Crippen molar-refractivity contribution in [2.45, 2.75) is 26.4 Å². The van der Waals surface area contributed by atoms with Crippen molar-refractivity contribution in [3.8, 4) is 0 Å². The number of halogens is 5. The Morgan fingerprint density at radius 3 is 1.96 bits per heavy atom. The summed E-state index contributed by atoms with van der Waals surface area (Å²) < 4.78 is 73.6. The monoisotopic (exact) mass is 341 g/mol. The van der Waals surface area contributed by atoms with Gasteiger partial charge in [0.1, 0.15) is 5.69 Å². The number of carbonyl (C=O) groups is 2. The molecule has 10 heteroatoms. The molecule has 0 spiro atoms. The normalized spacial score (nSPS) is 11.5. The molecule has 1 rings (SSSR count). The maximum Gasteiger partial charge on any atom is 0.434 e. The number of alkyl halides is 5. The smallest absolute Gasteiger partial charge is 0.434 e. The van der Waals surface area contributed by atoms with Crippen LogP contribution in [0.25, 0.3) is 0 Å². The first-order chi connectivity index (χ1) is 10.6. The lowest BCUT2D eigenvalue weighted by Crippen LogP contribution is -2.21. The number of carbonyl (C=O) groups excluding carboxylic acids is 2. The fourth-order valence-corrected chi connectivity index (χ4v) is 1.65. The van der Waals surface area contributed by atoms with Gasteiger partial charge in [-0.1, -0.05) is 0 Å². The Kier molecular flexibility index (Phi) is 5.99. The third-order valence-electron chi connectivity index (χ3n) is 2.52. The summed E-state index contributed by atoms with van der Waals surface area (Å²) in [4.78, 5) is 26.0. The molecule has 0 aliphatic heterocycles. The van der Waals surface area contributed by atoms with Crippen LogP contribution in [0, 0.1) is 0 Å². The van der Waals surface area contributed by atoms with E-state index in [2.05, 4.69) is 14.5 Å². The van der Waals surface area contributed by atoms with Crippen molar-refractivity contribution < 1.29 is 41.0 Å². The van der Waals surface area contributed by atoms with Crippen LogP contribution in [0.3, 0.4) is 0 Å². The number of hydrogen-bond acceptors (Lipinski definition) is 5. The number of aromatic nitrogens is 1. The summed E-state index contributed by atoms with van der Waals surface area (Å²) in [6, 6.07) is 0.368. The highest BCUT2D eigenvalue weighted by Gasteiger charge is 2.40.